The van der Waals surface area contributed by atoms with Gasteiger partial charge in [-0.2, -0.15) is 11.8 Å². The van der Waals surface area contributed by atoms with Crippen molar-refractivity contribution in [1.82, 2.24) is 9.80 Å². The SMILES string of the molecule is CCC(CSC)N(C)C(CN)CC(=O)N(C)C. The second-order valence-electron chi connectivity index (χ2n) is 4.56. The summed E-state index contributed by atoms with van der Waals surface area (Å²) in [5.74, 6) is 1.23. The summed E-state index contributed by atoms with van der Waals surface area (Å²) in [6, 6.07) is 0.635. The standard InChI is InChI=1S/C12H27N3OS/c1-6-10(9-17-5)15(4)11(8-13)7-12(16)14(2)3/h10-11H,6-9,13H2,1-5H3. The molecule has 0 heterocycles. The molecule has 17 heavy (non-hydrogen) atoms. The molecular weight excluding hydrogens is 234 g/mol. The molecule has 5 heteroatoms. The molecule has 0 rings (SSSR count). The first kappa shape index (κ1) is 16.7. The van der Waals surface area contributed by atoms with E-state index in [9.17, 15) is 4.79 Å². The molecule has 2 atom stereocenters. The first-order valence-electron chi connectivity index (χ1n) is 6.08. The van der Waals surface area contributed by atoms with Gasteiger partial charge in [-0.3, -0.25) is 9.69 Å². The van der Waals surface area contributed by atoms with Gasteiger partial charge in [-0.05, 0) is 19.7 Å². The Balaban J connectivity index is 4.46. The smallest absolute Gasteiger partial charge is 0.223 e. The highest BCUT2D eigenvalue weighted by atomic mass is 32.2. The molecule has 1 amide bonds. The van der Waals surface area contributed by atoms with E-state index in [0.717, 1.165) is 12.2 Å². The van der Waals surface area contributed by atoms with Gasteiger partial charge >= 0.3 is 0 Å². The second kappa shape index (κ2) is 8.78. The number of carbonyl (C=O) groups excluding carboxylic acids is 1. The maximum absolute atomic E-state index is 11.7. The van der Waals surface area contributed by atoms with Gasteiger partial charge in [0, 0.05) is 44.9 Å². The third-order valence-corrected chi connectivity index (χ3v) is 3.88. The van der Waals surface area contributed by atoms with Crippen LogP contribution >= 0.6 is 11.8 Å². The zero-order valence-electron chi connectivity index (χ0n) is 11.8. The molecular formula is C12H27N3OS. The van der Waals surface area contributed by atoms with E-state index in [0.29, 0.717) is 19.0 Å². The van der Waals surface area contributed by atoms with Gasteiger partial charge in [0.05, 0.1) is 0 Å². The summed E-state index contributed by atoms with van der Waals surface area (Å²) in [5.41, 5.74) is 5.79. The average Bonchev–Trinajstić information content (AvgIpc) is 2.31. The van der Waals surface area contributed by atoms with Crippen molar-refractivity contribution in [3.05, 3.63) is 0 Å². The van der Waals surface area contributed by atoms with Crippen molar-refractivity contribution in [2.45, 2.75) is 31.8 Å². The van der Waals surface area contributed by atoms with Crippen LogP contribution < -0.4 is 5.73 Å². The van der Waals surface area contributed by atoms with Crippen LogP contribution in [0.3, 0.4) is 0 Å². The van der Waals surface area contributed by atoms with Crippen LogP contribution in [0.1, 0.15) is 19.8 Å². The number of nitrogens with zero attached hydrogens (tertiary/aromatic N) is 2. The van der Waals surface area contributed by atoms with E-state index in [1.807, 2.05) is 11.8 Å². The molecule has 0 aliphatic rings. The number of rotatable bonds is 8. The summed E-state index contributed by atoms with van der Waals surface area (Å²) in [6.07, 6.45) is 3.70. The summed E-state index contributed by atoms with van der Waals surface area (Å²) >= 11 is 1.84. The Labute approximate surface area is 110 Å². The molecule has 0 aliphatic carbocycles. The first-order chi connectivity index (χ1) is 7.97. The van der Waals surface area contributed by atoms with Gasteiger partial charge in [0.1, 0.15) is 0 Å². The molecule has 2 unspecified atom stereocenters. The highest BCUT2D eigenvalue weighted by Crippen LogP contribution is 2.13. The highest BCUT2D eigenvalue weighted by molar-refractivity contribution is 7.98. The lowest BCUT2D eigenvalue weighted by molar-refractivity contribution is -0.130. The Morgan fingerprint density at radius 2 is 1.88 bits per heavy atom. The minimum absolute atomic E-state index is 0.141. The van der Waals surface area contributed by atoms with Crippen LogP contribution in [0.15, 0.2) is 0 Å². The summed E-state index contributed by atoms with van der Waals surface area (Å²) in [6.45, 7) is 2.71. The van der Waals surface area contributed by atoms with Crippen molar-refractivity contribution in [2.75, 3.05) is 39.7 Å². The predicted octanol–water partition coefficient (Wildman–Crippen LogP) is 0.865. The maximum atomic E-state index is 11.7. The van der Waals surface area contributed by atoms with Crippen LogP contribution in [0.5, 0.6) is 0 Å². The normalized spacial score (nSPS) is 14.8. The topological polar surface area (TPSA) is 49.6 Å². The van der Waals surface area contributed by atoms with Crippen LogP contribution in [0.4, 0.5) is 0 Å². The largest absolute Gasteiger partial charge is 0.349 e. The van der Waals surface area contributed by atoms with E-state index in [-0.39, 0.29) is 11.9 Å². The molecule has 0 spiro atoms. The summed E-state index contributed by atoms with van der Waals surface area (Å²) in [5, 5.41) is 0. The molecule has 102 valence electrons. The van der Waals surface area contributed by atoms with Crippen LogP contribution in [0, 0.1) is 0 Å². The van der Waals surface area contributed by atoms with Crippen molar-refractivity contribution < 1.29 is 4.79 Å². The van der Waals surface area contributed by atoms with Gasteiger partial charge in [-0.15, -0.1) is 0 Å². The summed E-state index contributed by atoms with van der Waals surface area (Å²) in [4.78, 5) is 15.6. The van der Waals surface area contributed by atoms with E-state index in [1.54, 1.807) is 19.0 Å². The number of amides is 1. The van der Waals surface area contributed by atoms with E-state index in [4.69, 9.17) is 5.73 Å². The fourth-order valence-corrected chi connectivity index (χ4v) is 2.65. The third kappa shape index (κ3) is 5.75. The molecule has 4 nitrogen and oxygen atoms in total. The lowest BCUT2D eigenvalue weighted by Gasteiger charge is -2.34. The quantitative estimate of drug-likeness (QED) is 0.704. The number of nitrogens with two attached hydrogens (primary N) is 1. The Bertz CT molecular complexity index is 224. The molecule has 0 saturated heterocycles. The molecule has 0 aromatic heterocycles. The maximum Gasteiger partial charge on any atom is 0.223 e. The molecule has 0 aliphatic heterocycles. The van der Waals surface area contributed by atoms with Crippen molar-refractivity contribution in [3.63, 3.8) is 0 Å². The Hall–Kier alpha value is -0.260. The van der Waals surface area contributed by atoms with Crippen molar-refractivity contribution >= 4 is 17.7 Å². The third-order valence-electron chi connectivity index (χ3n) is 3.16. The van der Waals surface area contributed by atoms with Crippen LogP contribution in [0.2, 0.25) is 0 Å². The fourth-order valence-electron chi connectivity index (χ4n) is 1.79. The first-order valence-corrected chi connectivity index (χ1v) is 7.48. The molecule has 0 aromatic rings. The van der Waals surface area contributed by atoms with Crippen molar-refractivity contribution in [3.8, 4) is 0 Å². The van der Waals surface area contributed by atoms with Crippen LogP contribution in [0.25, 0.3) is 0 Å². The minimum Gasteiger partial charge on any atom is -0.349 e. The molecule has 0 aromatic carbocycles. The Kier molecular flexibility index (Phi) is 8.64. The van der Waals surface area contributed by atoms with Crippen molar-refractivity contribution in [1.29, 1.82) is 0 Å². The second-order valence-corrected chi connectivity index (χ2v) is 5.48. The predicted molar refractivity (Wildman–Crippen MR) is 76.4 cm³/mol. The van der Waals surface area contributed by atoms with E-state index < -0.39 is 0 Å². The Morgan fingerprint density at radius 1 is 1.29 bits per heavy atom. The van der Waals surface area contributed by atoms with Gasteiger partial charge in [0.2, 0.25) is 5.91 Å². The zero-order valence-corrected chi connectivity index (χ0v) is 12.6. The average molecular weight is 261 g/mol. The van der Waals surface area contributed by atoms with Gasteiger partial charge in [0.25, 0.3) is 0 Å². The molecule has 2 N–H and O–H groups in total. The summed E-state index contributed by atoms with van der Waals surface area (Å²) < 4.78 is 0. The lowest BCUT2D eigenvalue weighted by atomic mass is 10.1. The monoisotopic (exact) mass is 261 g/mol. The Morgan fingerprint density at radius 3 is 2.24 bits per heavy atom. The zero-order chi connectivity index (χ0) is 13.4. The van der Waals surface area contributed by atoms with E-state index in [2.05, 4.69) is 25.1 Å². The van der Waals surface area contributed by atoms with E-state index in [1.165, 1.54) is 0 Å². The molecule has 0 bridgehead atoms. The summed E-state index contributed by atoms with van der Waals surface area (Å²) in [7, 11) is 5.65. The number of thioether (sulfide) groups is 1. The van der Waals surface area contributed by atoms with Gasteiger partial charge < -0.3 is 10.6 Å². The lowest BCUT2D eigenvalue weighted by Crippen LogP contribution is -2.47. The number of hydrogen-bond donors (Lipinski definition) is 1. The fraction of sp³-hybridized carbons (Fsp3) is 0.917. The minimum atomic E-state index is 0.141. The van der Waals surface area contributed by atoms with Gasteiger partial charge in [-0.1, -0.05) is 6.92 Å². The van der Waals surface area contributed by atoms with Crippen LogP contribution in [-0.4, -0.2) is 67.5 Å². The molecule has 0 fully saturated rings. The molecule has 0 radical (unpaired) electrons. The van der Waals surface area contributed by atoms with Crippen LogP contribution in [-0.2, 0) is 4.79 Å². The number of carbonyl (C=O) groups is 1. The van der Waals surface area contributed by atoms with E-state index >= 15 is 0 Å². The van der Waals surface area contributed by atoms with Crippen molar-refractivity contribution in [2.24, 2.45) is 5.73 Å². The highest BCUT2D eigenvalue weighted by Gasteiger charge is 2.23. The molecule has 0 saturated carbocycles. The van der Waals surface area contributed by atoms with Gasteiger partial charge in [-0.25, -0.2) is 0 Å². The van der Waals surface area contributed by atoms with Gasteiger partial charge in [0.15, 0.2) is 0 Å². The number of likely N-dealkylation sites (N-methyl/N-ethyl adjacent to an activating group) is 1. The number of hydrogen-bond acceptors (Lipinski definition) is 4.